The van der Waals surface area contributed by atoms with Crippen LogP contribution in [0, 0.1) is 13.8 Å². The molecule has 0 saturated heterocycles. The third-order valence-corrected chi connectivity index (χ3v) is 9.62. The van der Waals surface area contributed by atoms with E-state index in [4.69, 9.17) is 14.2 Å². The number of benzene rings is 2. The van der Waals surface area contributed by atoms with Crippen molar-refractivity contribution in [3.8, 4) is 17.2 Å². The highest BCUT2D eigenvalue weighted by molar-refractivity contribution is 7.96. The van der Waals surface area contributed by atoms with Gasteiger partial charge in [-0.25, -0.2) is 0 Å². The Labute approximate surface area is 203 Å². The Morgan fingerprint density at radius 1 is 0.853 bits per heavy atom. The molecule has 0 N–H and O–H groups in total. The van der Waals surface area contributed by atoms with Gasteiger partial charge in [-0.05, 0) is 42.4 Å². The van der Waals surface area contributed by atoms with Crippen molar-refractivity contribution in [1.29, 1.82) is 0 Å². The normalized spacial score (nSPS) is 14.2. The van der Waals surface area contributed by atoms with Crippen molar-refractivity contribution in [3.63, 3.8) is 0 Å². The largest absolute Gasteiger partial charge is 0.496 e. The highest BCUT2D eigenvalue weighted by atomic mass is 31.2. The molecule has 0 aliphatic heterocycles. The van der Waals surface area contributed by atoms with Gasteiger partial charge < -0.3 is 18.8 Å². The van der Waals surface area contributed by atoms with E-state index >= 15 is 0 Å². The number of hydrogen-bond donors (Lipinski definition) is 0. The topological polar surface area (TPSA) is 78.9 Å². The number of rotatable bonds is 9. The lowest BCUT2D eigenvalue weighted by atomic mass is 9.84. The average molecular weight is 489 g/mol. The van der Waals surface area contributed by atoms with E-state index in [-0.39, 0.29) is 22.5 Å². The zero-order valence-electron chi connectivity index (χ0n) is 22.0. The Morgan fingerprint density at radius 2 is 1.29 bits per heavy atom. The molecular formula is C27H37O6P. The van der Waals surface area contributed by atoms with Crippen LogP contribution < -0.4 is 14.2 Å². The second-order valence-electron chi connectivity index (χ2n) is 9.67. The smallest absolute Gasteiger partial charge is 0.236 e. The van der Waals surface area contributed by atoms with Crippen molar-refractivity contribution < 1.29 is 28.4 Å². The highest BCUT2D eigenvalue weighted by Gasteiger charge is 2.47. The molecule has 2 aromatic carbocycles. The van der Waals surface area contributed by atoms with Gasteiger partial charge in [0.15, 0.2) is 0 Å². The zero-order chi connectivity index (χ0) is 26.0. The molecule has 34 heavy (non-hydrogen) atoms. The Bertz CT molecular complexity index is 1090. The first-order valence-electron chi connectivity index (χ1n) is 11.4. The van der Waals surface area contributed by atoms with Crippen LogP contribution in [-0.2, 0) is 9.98 Å². The number of ether oxygens (including phenoxy) is 3. The van der Waals surface area contributed by atoms with Gasteiger partial charge in [0.2, 0.25) is 18.2 Å². The number of aryl methyl sites for hydroxylation is 2. The molecule has 0 bridgehead atoms. The lowest BCUT2D eigenvalue weighted by Crippen LogP contribution is -2.22. The zero-order valence-corrected chi connectivity index (χ0v) is 22.9. The Balaban J connectivity index is 2.80. The predicted molar refractivity (Wildman–Crippen MR) is 137 cm³/mol. The van der Waals surface area contributed by atoms with Crippen LogP contribution in [0.3, 0.4) is 0 Å². The quantitative estimate of drug-likeness (QED) is 0.363. The van der Waals surface area contributed by atoms with Crippen molar-refractivity contribution in [2.45, 2.75) is 66.0 Å². The first kappa shape index (κ1) is 27.7. The standard InChI is InChI=1S/C27H37O6P/c1-11-18(4)34(30,25(28)23-16(2)12-19(13-17(23)3)27(5,6)7)26(29)24-21(32-9)14-20(31-8)15-22(24)33-10/h12-15,18H,11H2,1-10H3. The van der Waals surface area contributed by atoms with Crippen LogP contribution in [0.5, 0.6) is 17.2 Å². The van der Waals surface area contributed by atoms with Gasteiger partial charge in [0, 0.05) is 23.4 Å². The fourth-order valence-corrected chi connectivity index (χ4v) is 6.77. The van der Waals surface area contributed by atoms with Crippen LogP contribution in [0.25, 0.3) is 0 Å². The minimum atomic E-state index is -4.13. The molecule has 2 rings (SSSR count). The van der Waals surface area contributed by atoms with E-state index in [0.717, 1.165) is 5.56 Å². The van der Waals surface area contributed by atoms with Crippen molar-refractivity contribution in [1.82, 2.24) is 0 Å². The van der Waals surface area contributed by atoms with Gasteiger partial charge in [0.25, 0.3) is 0 Å². The molecule has 0 aliphatic carbocycles. The Morgan fingerprint density at radius 3 is 1.65 bits per heavy atom. The molecule has 186 valence electrons. The molecule has 2 atom stereocenters. The van der Waals surface area contributed by atoms with E-state index in [9.17, 15) is 14.2 Å². The van der Waals surface area contributed by atoms with E-state index in [1.165, 1.54) is 33.5 Å². The van der Waals surface area contributed by atoms with Crippen molar-refractivity contribution in [2.24, 2.45) is 0 Å². The molecule has 0 radical (unpaired) electrons. The van der Waals surface area contributed by atoms with Crippen LogP contribution in [-0.4, -0.2) is 38.0 Å². The number of carbonyl (C=O) groups is 2. The monoisotopic (exact) mass is 488 g/mol. The fraction of sp³-hybridized carbons (Fsp3) is 0.481. The van der Waals surface area contributed by atoms with E-state index in [2.05, 4.69) is 20.8 Å². The minimum Gasteiger partial charge on any atom is -0.496 e. The van der Waals surface area contributed by atoms with Crippen LogP contribution in [0.15, 0.2) is 24.3 Å². The van der Waals surface area contributed by atoms with Crippen LogP contribution in [0.2, 0.25) is 0 Å². The van der Waals surface area contributed by atoms with Crippen LogP contribution in [0.1, 0.15) is 78.4 Å². The first-order valence-corrected chi connectivity index (χ1v) is 13.2. The number of methoxy groups -OCH3 is 3. The molecule has 0 spiro atoms. The van der Waals surface area contributed by atoms with Gasteiger partial charge in [-0.1, -0.05) is 46.8 Å². The molecule has 0 aromatic heterocycles. The average Bonchev–Trinajstić information content (AvgIpc) is 2.80. The maximum Gasteiger partial charge on any atom is 0.236 e. The lowest BCUT2D eigenvalue weighted by molar-refractivity contribution is 0.103. The van der Waals surface area contributed by atoms with Crippen LogP contribution in [0.4, 0.5) is 0 Å². The highest BCUT2D eigenvalue weighted by Crippen LogP contribution is 2.60. The summed E-state index contributed by atoms with van der Waals surface area (Å²) in [6, 6.07) is 6.94. The summed E-state index contributed by atoms with van der Waals surface area (Å²) in [7, 11) is 0.160. The van der Waals surface area contributed by atoms with Gasteiger partial charge in [-0.3, -0.25) is 9.59 Å². The fourth-order valence-electron chi connectivity index (χ4n) is 4.03. The summed E-state index contributed by atoms with van der Waals surface area (Å²) >= 11 is 0. The van der Waals surface area contributed by atoms with E-state index in [1.807, 2.05) is 32.9 Å². The predicted octanol–water partition coefficient (Wildman–Crippen LogP) is 6.77. The first-order chi connectivity index (χ1) is 15.8. The third kappa shape index (κ3) is 4.93. The maximum absolute atomic E-state index is 14.6. The molecule has 2 unspecified atom stereocenters. The molecule has 0 aliphatic rings. The molecule has 0 fully saturated rings. The summed E-state index contributed by atoms with van der Waals surface area (Å²) < 4.78 is 30.7. The maximum atomic E-state index is 14.6. The van der Waals surface area contributed by atoms with E-state index in [1.54, 1.807) is 6.92 Å². The van der Waals surface area contributed by atoms with Crippen molar-refractivity contribution in [2.75, 3.05) is 21.3 Å². The van der Waals surface area contributed by atoms with Crippen molar-refractivity contribution in [3.05, 3.63) is 52.1 Å². The number of carbonyl (C=O) groups excluding carboxylic acids is 2. The van der Waals surface area contributed by atoms with Gasteiger partial charge in [-0.2, -0.15) is 0 Å². The number of hydrogen-bond acceptors (Lipinski definition) is 6. The van der Waals surface area contributed by atoms with Gasteiger partial charge >= 0.3 is 0 Å². The van der Waals surface area contributed by atoms with Gasteiger partial charge in [0.05, 0.1) is 21.3 Å². The molecule has 6 nitrogen and oxygen atoms in total. The summed E-state index contributed by atoms with van der Waals surface area (Å²) in [5.74, 6) is 0.711. The Kier molecular flexibility index (Phi) is 8.42. The van der Waals surface area contributed by atoms with E-state index < -0.39 is 23.8 Å². The second kappa shape index (κ2) is 10.4. The van der Waals surface area contributed by atoms with Crippen molar-refractivity contribution >= 4 is 18.2 Å². The SMILES string of the molecule is CCC(C)P(=O)(C(=O)c1c(C)cc(C(C)(C)C)cc1C)C(=O)c1c(OC)cc(OC)cc1OC. The van der Waals surface area contributed by atoms with Crippen LogP contribution >= 0.6 is 7.14 Å². The molecule has 0 saturated carbocycles. The minimum absolute atomic E-state index is 0.00981. The molecule has 0 amide bonds. The summed E-state index contributed by atoms with van der Waals surface area (Å²) in [6.45, 7) is 13.5. The van der Waals surface area contributed by atoms with Gasteiger partial charge in [-0.15, -0.1) is 0 Å². The van der Waals surface area contributed by atoms with E-state index in [0.29, 0.717) is 28.9 Å². The third-order valence-electron chi connectivity index (χ3n) is 6.36. The lowest BCUT2D eigenvalue weighted by Gasteiger charge is -2.26. The summed E-state index contributed by atoms with van der Waals surface area (Å²) in [5.41, 5.74) is 0.661. The summed E-state index contributed by atoms with van der Waals surface area (Å²) in [4.78, 5) is 28.0. The van der Waals surface area contributed by atoms with Gasteiger partial charge in [0.1, 0.15) is 22.8 Å². The molecule has 7 heteroatoms. The molecule has 2 aromatic rings. The molecular weight excluding hydrogens is 451 g/mol. The summed E-state index contributed by atoms with van der Waals surface area (Å²) in [6.07, 6.45) is 0.397. The Hall–Kier alpha value is -2.59. The second-order valence-corrected chi connectivity index (χ2v) is 12.7. The molecule has 0 heterocycles. The summed E-state index contributed by atoms with van der Waals surface area (Å²) in [5, 5.41) is 0.